The molecular formula is C12H18Cl2N2O. The quantitative estimate of drug-likeness (QED) is 0.807. The molecule has 0 spiro atoms. The van der Waals surface area contributed by atoms with Crippen molar-refractivity contribution >= 4 is 35.7 Å². The monoisotopic (exact) mass is 276 g/mol. The average molecular weight is 277 g/mol. The molecule has 0 saturated heterocycles. The summed E-state index contributed by atoms with van der Waals surface area (Å²) in [5.41, 5.74) is 7.63. The fourth-order valence-corrected chi connectivity index (χ4v) is 1.71. The minimum absolute atomic E-state index is 0. The van der Waals surface area contributed by atoms with E-state index in [1.165, 1.54) is 0 Å². The highest BCUT2D eigenvalue weighted by Gasteiger charge is 2.16. The summed E-state index contributed by atoms with van der Waals surface area (Å²) in [6.45, 7) is 1.97. The lowest BCUT2D eigenvalue weighted by atomic mass is 10.1. The van der Waals surface area contributed by atoms with E-state index >= 15 is 0 Å². The highest BCUT2D eigenvalue weighted by molar-refractivity contribution is 5.85. The van der Waals surface area contributed by atoms with Crippen LogP contribution >= 0.6 is 24.8 Å². The summed E-state index contributed by atoms with van der Waals surface area (Å²) in [6.07, 6.45) is 0.152. The van der Waals surface area contributed by atoms with Gasteiger partial charge in [0, 0.05) is 17.3 Å². The van der Waals surface area contributed by atoms with Crippen molar-refractivity contribution in [2.24, 2.45) is 5.73 Å². The molecule has 0 aliphatic carbocycles. The molecule has 4 N–H and O–H groups in total. The predicted molar refractivity (Wildman–Crippen MR) is 76.0 cm³/mol. The Balaban J connectivity index is 0.00000128. The molecule has 0 saturated carbocycles. The van der Waals surface area contributed by atoms with E-state index in [1.807, 2.05) is 37.3 Å². The fourth-order valence-electron chi connectivity index (χ4n) is 1.71. The summed E-state index contributed by atoms with van der Waals surface area (Å²) >= 11 is 0. The van der Waals surface area contributed by atoms with Crippen LogP contribution < -0.4 is 5.73 Å². The number of halogens is 2. The van der Waals surface area contributed by atoms with Gasteiger partial charge in [0.1, 0.15) is 6.10 Å². The Labute approximate surface area is 113 Å². The maximum atomic E-state index is 9.93. The number of aliphatic hydroxyl groups excluding tert-OH is 1. The molecule has 1 aromatic carbocycles. The van der Waals surface area contributed by atoms with Gasteiger partial charge in [0.25, 0.3) is 0 Å². The number of aromatic amines is 1. The fraction of sp³-hybridized carbons (Fsp3) is 0.333. The number of hydrogen-bond acceptors (Lipinski definition) is 2. The van der Waals surface area contributed by atoms with Crippen LogP contribution in [0.2, 0.25) is 0 Å². The summed E-state index contributed by atoms with van der Waals surface area (Å²) in [6, 6.07) is 9.69. The largest absolute Gasteiger partial charge is 0.385 e. The van der Waals surface area contributed by atoms with Crippen LogP contribution in [-0.4, -0.2) is 16.1 Å². The molecule has 17 heavy (non-hydrogen) atoms. The molecule has 2 aromatic rings. The van der Waals surface area contributed by atoms with Crippen molar-refractivity contribution in [3.05, 3.63) is 36.0 Å². The van der Waals surface area contributed by atoms with Gasteiger partial charge in [-0.05, 0) is 23.9 Å². The van der Waals surface area contributed by atoms with Gasteiger partial charge >= 0.3 is 0 Å². The van der Waals surface area contributed by atoms with E-state index in [2.05, 4.69) is 4.98 Å². The Morgan fingerprint density at radius 1 is 1.29 bits per heavy atom. The first kappa shape index (κ1) is 16.3. The lowest BCUT2D eigenvalue weighted by Crippen LogP contribution is -2.27. The minimum atomic E-state index is -0.609. The molecule has 0 radical (unpaired) electrons. The normalized spacial score (nSPS) is 13.6. The molecule has 0 aliphatic heterocycles. The number of rotatable bonds is 3. The van der Waals surface area contributed by atoms with Crippen molar-refractivity contribution in [1.29, 1.82) is 0 Å². The molecule has 1 unspecified atom stereocenters. The predicted octanol–water partition coefficient (Wildman–Crippen LogP) is 2.78. The van der Waals surface area contributed by atoms with Crippen LogP contribution in [0.15, 0.2) is 30.3 Å². The van der Waals surface area contributed by atoms with E-state index in [0.29, 0.717) is 0 Å². The molecule has 2 rings (SSSR count). The van der Waals surface area contributed by atoms with Gasteiger partial charge in [-0.2, -0.15) is 0 Å². The van der Waals surface area contributed by atoms with Crippen molar-refractivity contribution in [2.75, 3.05) is 0 Å². The highest BCUT2D eigenvalue weighted by Crippen LogP contribution is 2.22. The second-order valence-electron chi connectivity index (χ2n) is 3.83. The summed E-state index contributed by atoms with van der Waals surface area (Å²) < 4.78 is 0. The van der Waals surface area contributed by atoms with Crippen LogP contribution in [0.1, 0.15) is 25.1 Å². The zero-order valence-corrected chi connectivity index (χ0v) is 11.2. The topological polar surface area (TPSA) is 62.0 Å². The SMILES string of the molecule is CC[C@H](N)C(O)c1cc2ccccc2[nH]1.Cl.Cl. The molecule has 3 nitrogen and oxygen atoms in total. The van der Waals surface area contributed by atoms with E-state index in [4.69, 9.17) is 5.73 Å². The number of benzene rings is 1. The first-order chi connectivity index (χ1) is 7.22. The Hall–Kier alpha value is -0.740. The summed E-state index contributed by atoms with van der Waals surface area (Å²) in [5.74, 6) is 0. The van der Waals surface area contributed by atoms with Crippen molar-refractivity contribution in [2.45, 2.75) is 25.5 Å². The zero-order chi connectivity index (χ0) is 10.8. The highest BCUT2D eigenvalue weighted by atomic mass is 35.5. The summed E-state index contributed by atoms with van der Waals surface area (Å²) in [7, 11) is 0. The van der Waals surface area contributed by atoms with Crippen molar-refractivity contribution in [1.82, 2.24) is 4.98 Å². The first-order valence-corrected chi connectivity index (χ1v) is 5.23. The maximum Gasteiger partial charge on any atom is 0.109 e. The van der Waals surface area contributed by atoms with E-state index in [1.54, 1.807) is 0 Å². The van der Waals surface area contributed by atoms with Crippen molar-refractivity contribution < 1.29 is 5.11 Å². The number of para-hydroxylation sites is 1. The Morgan fingerprint density at radius 2 is 1.94 bits per heavy atom. The number of fused-ring (bicyclic) bond motifs is 1. The van der Waals surface area contributed by atoms with Gasteiger partial charge in [0.15, 0.2) is 0 Å². The smallest absolute Gasteiger partial charge is 0.109 e. The Bertz CT molecular complexity index is 425. The molecular weight excluding hydrogens is 259 g/mol. The first-order valence-electron chi connectivity index (χ1n) is 5.23. The van der Waals surface area contributed by atoms with Crippen LogP contribution in [0.5, 0.6) is 0 Å². The Kier molecular flexibility index (Phi) is 6.57. The third-order valence-corrected chi connectivity index (χ3v) is 2.75. The van der Waals surface area contributed by atoms with Crippen LogP contribution in [0.25, 0.3) is 10.9 Å². The van der Waals surface area contributed by atoms with E-state index in [0.717, 1.165) is 23.0 Å². The number of hydrogen-bond donors (Lipinski definition) is 3. The zero-order valence-electron chi connectivity index (χ0n) is 9.59. The second kappa shape index (κ2) is 6.87. The van der Waals surface area contributed by atoms with Gasteiger partial charge in [0.05, 0.1) is 0 Å². The summed E-state index contributed by atoms with van der Waals surface area (Å²) in [4.78, 5) is 3.18. The lowest BCUT2D eigenvalue weighted by Gasteiger charge is -2.15. The van der Waals surface area contributed by atoms with Crippen molar-refractivity contribution in [3.63, 3.8) is 0 Å². The molecule has 1 heterocycles. The standard InChI is InChI=1S/C12H16N2O.2ClH/c1-2-9(13)12(15)11-7-8-5-3-4-6-10(8)14-11;;/h3-7,9,12,14-15H,2,13H2,1H3;2*1H/t9-,12?;;/m0../s1. The molecule has 96 valence electrons. The molecule has 1 aromatic heterocycles. The van der Waals surface area contributed by atoms with Gasteiger partial charge in [-0.1, -0.05) is 25.1 Å². The van der Waals surface area contributed by atoms with Crippen LogP contribution in [0.4, 0.5) is 0 Å². The lowest BCUT2D eigenvalue weighted by molar-refractivity contribution is 0.141. The van der Waals surface area contributed by atoms with Gasteiger partial charge < -0.3 is 15.8 Å². The number of nitrogens with two attached hydrogens (primary N) is 1. The van der Waals surface area contributed by atoms with E-state index in [9.17, 15) is 5.11 Å². The molecule has 0 bridgehead atoms. The van der Waals surface area contributed by atoms with Crippen LogP contribution in [0.3, 0.4) is 0 Å². The third-order valence-electron chi connectivity index (χ3n) is 2.75. The molecule has 5 heteroatoms. The number of aliphatic hydroxyl groups is 1. The molecule has 2 atom stereocenters. The average Bonchev–Trinajstić information content (AvgIpc) is 2.70. The van der Waals surface area contributed by atoms with Crippen molar-refractivity contribution in [3.8, 4) is 0 Å². The van der Waals surface area contributed by atoms with E-state index in [-0.39, 0.29) is 30.9 Å². The van der Waals surface area contributed by atoms with Crippen LogP contribution in [-0.2, 0) is 0 Å². The number of aromatic nitrogens is 1. The van der Waals surface area contributed by atoms with Gasteiger partial charge in [-0.15, -0.1) is 24.8 Å². The molecule has 0 amide bonds. The van der Waals surface area contributed by atoms with Gasteiger partial charge in [0.2, 0.25) is 0 Å². The molecule has 0 aliphatic rings. The van der Waals surface area contributed by atoms with Gasteiger partial charge in [-0.25, -0.2) is 0 Å². The maximum absolute atomic E-state index is 9.93. The third kappa shape index (κ3) is 3.36. The number of H-pyrrole nitrogens is 1. The van der Waals surface area contributed by atoms with Gasteiger partial charge in [-0.3, -0.25) is 0 Å². The summed E-state index contributed by atoms with van der Waals surface area (Å²) in [5, 5.41) is 11.0. The Morgan fingerprint density at radius 3 is 2.53 bits per heavy atom. The van der Waals surface area contributed by atoms with E-state index < -0.39 is 6.10 Å². The van der Waals surface area contributed by atoms with Crippen LogP contribution in [0, 0.1) is 0 Å². The minimum Gasteiger partial charge on any atom is -0.385 e. The second-order valence-corrected chi connectivity index (χ2v) is 3.83. The number of nitrogens with one attached hydrogen (secondary N) is 1. The molecule has 0 fully saturated rings.